The number of anilines is 1. The zero-order valence-corrected chi connectivity index (χ0v) is 16.0. The fourth-order valence-electron chi connectivity index (χ4n) is 4.86. The van der Waals surface area contributed by atoms with E-state index in [2.05, 4.69) is 24.2 Å². The van der Waals surface area contributed by atoms with Crippen molar-refractivity contribution >= 4 is 17.6 Å². The average molecular weight is 380 g/mol. The average Bonchev–Trinajstić information content (AvgIpc) is 2.66. The van der Waals surface area contributed by atoms with E-state index in [0.29, 0.717) is 5.69 Å². The molecule has 6 heteroatoms. The van der Waals surface area contributed by atoms with E-state index in [1.165, 1.54) is 17.7 Å². The number of carbonyl (C=O) groups is 2. The highest BCUT2D eigenvalue weighted by Crippen LogP contribution is 2.49. The molecule has 1 amide bonds. The van der Waals surface area contributed by atoms with Crippen LogP contribution in [0.3, 0.4) is 0 Å². The van der Waals surface area contributed by atoms with Gasteiger partial charge in [0.1, 0.15) is 5.75 Å². The summed E-state index contributed by atoms with van der Waals surface area (Å²) in [4.78, 5) is 26.6. The third kappa shape index (κ3) is 2.94. The van der Waals surface area contributed by atoms with Gasteiger partial charge in [-0.15, -0.1) is 0 Å². The summed E-state index contributed by atoms with van der Waals surface area (Å²) in [7, 11) is 2.05. The number of likely N-dealkylation sites (tertiary alicyclic amines) is 1. The van der Waals surface area contributed by atoms with Crippen molar-refractivity contribution in [1.82, 2.24) is 4.90 Å². The standard InChI is InChI=1S/C22H24N2O4/c1-22-9-10-24(2)18(11-14-5-8-16(25)12-17(14)22)19(22)20(26)23-15-6-3-13(4-7-15)21(27)28/h3-8,12,18-19,25H,9-11H2,1-2H3,(H,23,26)(H,27,28)/t18?,19-,22-/m1/s1. The topological polar surface area (TPSA) is 89.9 Å². The second kappa shape index (κ2) is 6.63. The Kier molecular flexibility index (Phi) is 4.38. The Morgan fingerprint density at radius 2 is 1.89 bits per heavy atom. The number of carboxylic acids is 1. The number of rotatable bonds is 3. The molecular formula is C22H24N2O4. The molecule has 6 nitrogen and oxygen atoms in total. The SMILES string of the molecule is CN1CC[C@]2(C)c3cc(O)ccc3CC1[C@@H]2C(=O)Nc1ccc(C(=O)O)cc1. The summed E-state index contributed by atoms with van der Waals surface area (Å²) < 4.78 is 0. The molecule has 1 aliphatic carbocycles. The van der Waals surface area contributed by atoms with Crippen LogP contribution in [0, 0.1) is 5.92 Å². The van der Waals surface area contributed by atoms with Crippen LogP contribution in [-0.2, 0) is 16.6 Å². The van der Waals surface area contributed by atoms with Crippen molar-refractivity contribution in [3.63, 3.8) is 0 Å². The summed E-state index contributed by atoms with van der Waals surface area (Å²) in [6, 6.07) is 11.8. The van der Waals surface area contributed by atoms with Gasteiger partial charge in [-0.1, -0.05) is 13.0 Å². The highest BCUT2D eigenvalue weighted by Gasteiger charge is 2.53. The third-order valence-corrected chi connectivity index (χ3v) is 6.44. The largest absolute Gasteiger partial charge is 0.508 e. The number of phenols is 1. The number of aromatic carboxylic acids is 1. The van der Waals surface area contributed by atoms with E-state index in [0.717, 1.165) is 24.9 Å². The minimum atomic E-state index is -0.995. The smallest absolute Gasteiger partial charge is 0.335 e. The van der Waals surface area contributed by atoms with Crippen LogP contribution in [-0.4, -0.2) is 46.6 Å². The summed E-state index contributed by atoms with van der Waals surface area (Å²) in [6.07, 6.45) is 1.59. The predicted octanol–water partition coefficient (Wildman–Crippen LogP) is 2.86. The molecule has 28 heavy (non-hydrogen) atoms. The molecule has 146 valence electrons. The first kappa shape index (κ1) is 18.5. The molecule has 3 atom stereocenters. The quantitative estimate of drug-likeness (QED) is 0.762. The monoisotopic (exact) mass is 380 g/mol. The van der Waals surface area contributed by atoms with E-state index in [9.17, 15) is 14.7 Å². The molecular weight excluding hydrogens is 356 g/mol. The summed E-state index contributed by atoms with van der Waals surface area (Å²) in [6.45, 7) is 3.01. The van der Waals surface area contributed by atoms with Gasteiger partial charge in [0, 0.05) is 17.1 Å². The Morgan fingerprint density at radius 3 is 2.57 bits per heavy atom. The lowest BCUT2D eigenvalue weighted by molar-refractivity contribution is -0.127. The number of nitrogens with zero attached hydrogens (tertiary/aromatic N) is 1. The van der Waals surface area contributed by atoms with Crippen molar-refractivity contribution in [2.24, 2.45) is 5.92 Å². The first-order chi connectivity index (χ1) is 13.3. The van der Waals surface area contributed by atoms with Crippen molar-refractivity contribution in [2.45, 2.75) is 31.2 Å². The van der Waals surface area contributed by atoms with Gasteiger partial charge in [-0.25, -0.2) is 4.79 Å². The molecule has 1 fully saturated rings. The van der Waals surface area contributed by atoms with Crippen molar-refractivity contribution in [2.75, 3.05) is 18.9 Å². The predicted molar refractivity (Wildman–Crippen MR) is 106 cm³/mol. The Bertz CT molecular complexity index is 940. The number of aromatic hydroxyl groups is 1. The van der Waals surface area contributed by atoms with Gasteiger partial charge in [0.15, 0.2) is 0 Å². The first-order valence-electron chi connectivity index (χ1n) is 9.46. The minimum absolute atomic E-state index is 0.0730. The molecule has 2 aliphatic rings. The molecule has 0 spiro atoms. The van der Waals surface area contributed by atoms with Crippen LogP contribution in [0.15, 0.2) is 42.5 Å². The lowest BCUT2D eigenvalue weighted by Gasteiger charge is -2.53. The molecule has 2 aromatic rings. The molecule has 0 saturated carbocycles. The molecule has 4 rings (SSSR count). The fourth-order valence-corrected chi connectivity index (χ4v) is 4.86. The van der Waals surface area contributed by atoms with E-state index in [1.807, 2.05) is 6.07 Å². The van der Waals surface area contributed by atoms with E-state index < -0.39 is 5.97 Å². The number of amides is 1. The highest BCUT2D eigenvalue weighted by molar-refractivity contribution is 5.95. The molecule has 3 N–H and O–H groups in total. The maximum Gasteiger partial charge on any atom is 0.335 e. The molecule has 1 heterocycles. The van der Waals surface area contributed by atoms with Crippen molar-refractivity contribution in [3.8, 4) is 5.75 Å². The maximum atomic E-state index is 13.3. The minimum Gasteiger partial charge on any atom is -0.508 e. The van der Waals surface area contributed by atoms with Gasteiger partial charge in [0.2, 0.25) is 5.91 Å². The lowest BCUT2D eigenvalue weighted by atomic mass is 9.58. The van der Waals surface area contributed by atoms with Crippen LogP contribution in [0.2, 0.25) is 0 Å². The lowest BCUT2D eigenvalue weighted by Crippen LogP contribution is -2.61. The number of nitrogens with one attached hydrogen (secondary N) is 1. The van der Waals surface area contributed by atoms with Crippen LogP contribution >= 0.6 is 0 Å². The fraction of sp³-hybridized carbons (Fsp3) is 0.364. The number of likely N-dealkylation sites (N-methyl/N-ethyl adjacent to an activating group) is 1. The number of benzene rings is 2. The summed E-state index contributed by atoms with van der Waals surface area (Å²) >= 11 is 0. The van der Waals surface area contributed by atoms with Crippen molar-refractivity contribution in [1.29, 1.82) is 0 Å². The zero-order chi connectivity index (χ0) is 20.1. The van der Waals surface area contributed by atoms with Crippen LogP contribution in [0.25, 0.3) is 0 Å². The molecule has 1 aliphatic heterocycles. The molecule has 2 aromatic carbocycles. The third-order valence-electron chi connectivity index (χ3n) is 6.44. The van der Waals surface area contributed by atoms with E-state index in [4.69, 9.17) is 5.11 Å². The van der Waals surface area contributed by atoms with Crippen molar-refractivity contribution < 1.29 is 19.8 Å². The van der Waals surface area contributed by atoms with E-state index in [-0.39, 0.29) is 34.6 Å². The number of hydrogen-bond acceptors (Lipinski definition) is 4. The summed E-state index contributed by atoms with van der Waals surface area (Å²) in [5.74, 6) is -1.11. The maximum absolute atomic E-state index is 13.3. The van der Waals surface area contributed by atoms with Crippen molar-refractivity contribution in [3.05, 3.63) is 59.2 Å². The van der Waals surface area contributed by atoms with Gasteiger partial charge >= 0.3 is 5.97 Å². The van der Waals surface area contributed by atoms with Gasteiger partial charge in [-0.05, 0) is 74.0 Å². The summed E-state index contributed by atoms with van der Waals surface area (Å²) in [5.41, 5.74) is 2.64. The van der Waals surface area contributed by atoms with Gasteiger partial charge in [0.25, 0.3) is 0 Å². The van der Waals surface area contributed by atoms with Gasteiger partial charge < -0.3 is 20.4 Å². The Hall–Kier alpha value is -2.86. The van der Waals surface area contributed by atoms with Crippen LogP contribution in [0.4, 0.5) is 5.69 Å². The number of fused-ring (bicyclic) bond motifs is 4. The first-order valence-corrected chi connectivity index (χ1v) is 9.46. The van der Waals surface area contributed by atoms with Gasteiger partial charge in [0.05, 0.1) is 11.5 Å². The number of carboxylic acid groups (broad SMARTS) is 1. The molecule has 1 saturated heterocycles. The number of carbonyl (C=O) groups excluding carboxylic acids is 1. The van der Waals surface area contributed by atoms with Crippen LogP contribution < -0.4 is 5.32 Å². The van der Waals surface area contributed by atoms with E-state index in [1.54, 1.807) is 24.3 Å². The number of hydrogen-bond donors (Lipinski definition) is 3. The second-order valence-corrected chi connectivity index (χ2v) is 8.11. The van der Waals surface area contributed by atoms with Crippen LogP contribution in [0.5, 0.6) is 5.75 Å². The molecule has 1 unspecified atom stereocenters. The number of piperidine rings is 1. The highest BCUT2D eigenvalue weighted by atomic mass is 16.4. The molecule has 0 radical (unpaired) electrons. The van der Waals surface area contributed by atoms with Gasteiger partial charge in [-0.2, -0.15) is 0 Å². The second-order valence-electron chi connectivity index (χ2n) is 8.11. The van der Waals surface area contributed by atoms with Gasteiger partial charge in [-0.3, -0.25) is 4.79 Å². The Balaban J connectivity index is 1.67. The summed E-state index contributed by atoms with van der Waals surface area (Å²) in [5, 5.41) is 22.0. The zero-order valence-electron chi connectivity index (χ0n) is 16.0. The van der Waals surface area contributed by atoms with E-state index >= 15 is 0 Å². The van der Waals surface area contributed by atoms with Crippen LogP contribution in [0.1, 0.15) is 34.8 Å². The normalized spacial score (nSPS) is 26.4. The number of phenolic OH excluding ortho intramolecular Hbond substituents is 1. The Morgan fingerprint density at radius 1 is 1.18 bits per heavy atom. The molecule has 0 aromatic heterocycles. The molecule has 2 bridgehead atoms. The Labute approximate surface area is 163 Å².